The molecule has 1 heterocycles. The fourth-order valence-corrected chi connectivity index (χ4v) is 1.97. The first-order valence-electron chi connectivity index (χ1n) is 2.11. The van der Waals surface area contributed by atoms with Gasteiger partial charge in [-0.15, -0.1) is 11.3 Å². The quantitative estimate of drug-likeness (QED) is 0.596. The van der Waals surface area contributed by atoms with Gasteiger partial charge in [0.1, 0.15) is 5.82 Å². The zero-order valence-electron chi connectivity index (χ0n) is 4.24. The van der Waals surface area contributed by atoms with Crippen LogP contribution in [0.1, 0.15) is 4.88 Å². The molecule has 0 bridgehead atoms. The Labute approximate surface area is 59.5 Å². The van der Waals surface area contributed by atoms with Crippen molar-refractivity contribution >= 4 is 27.3 Å². The minimum absolute atomic E-state index is 0.123. The van der Waals surface area contributed by atoms with E-state index < -0.39 is 0 Å². The van der Waals surface area contributed by atoms with Crippen LogP contribution in [-0.4, -0.2) is 0 Å². The average molecular weight is 195 g/mol. The van der Waals surface area contributed by atoms with E-state index in [0.29, 0.717) is 0 Å². The summed E-state index contributed by atoms with van der Waals surface area (Å²) in [6.45, 7) is 1.75. The third-order valence-electron chi connectivity index (χ3n) is 0.827. The molecule has 0 spiro atoms. The second-order valence-corrected chi connectivity index (χ2v) is 4.09. The molecule has 1 aromatic heterocycles. The average Bonchev–Trinajstić information content (AvgIpc) is 1.85. The Kier molecular flexibility index (Phi) is 1.68. The van der Waals surface area contributed by atoms with E-state index in [1.54, 1.807) is 6.92 Å². The molecule has 0 atom stereocenters. The van der Waals surface area contributed by atoms with Gasteiger partial charge in [-0.2, -0.15) is 0 Å². The minimum Gasteiger partial charge on any atom is -0.206 e. The Morgan fingerprint density at radius 1 is 1.75 bits per heavy atom. The lowest BCUT2D eigenvalue weighted by Gasteiger charge is -1.75. The van der Waals surface area contributed by atoms with Gasteiger partial charge in [-0.05, 0) is 28.9 Å². The van der Waals surface area contributed by atoms with Crippen molar-refractivity contribution in [3.8, 4) is 0 Å². The molecule has 1 aromatic rings. The van der Waals surface area contributed by atoms with Crippen LogP contribution in [0.3, 0.4) is 0 Å². The summed E-state index contributed by atoms with van der Waals surface area (Å²) in [6.07, 6.45) is 0. The van der Waals surface area contributed by atoms with Gasteiger partial charge in [-0.3, -0.25) is 0 Å². The number of hydrogen-bond acceptors (Lipinski definition) is 1. The van der Waals surface area contributed by atoms with Gasteiger partial charge in [0.15, 0.2) is 0 Å². The van der Waals surface area contributed by atoms with Crippen LogP contribution in [0.4, 0.5) is 4.39 Å². The molecule has 44 valence electrons. The molecule has 0 aliphatic heterocycles. The summed E-state index contributed by atoms with van der Waals surface area (Å²) in [7, 11) is 0. The molecule has 0 amide bonds. The number of aryl methyl sites for hydroxylation is 1. The summed E-state index contributed by atoms with van der Waals surface area (Å²) in [6, 6.07) is 1.47. The van der Waals surface area contributed by atoms with E-state index in [1.807, 2.05) is 0 Å². The lowest BCUT2D eigenvalue weighted by atomic mass is 10.5. The van der Waals surface area contributed by atoms with Crippen LogP contribution in [0.25, 0.3) is 0 Å². The Hall–Kier alpha value is 0.110. The molecule has 8 heavy (non-hydrogen) atoms. The molecular weight excluding hydrogens is 191 g/mol. The largest absolute Gasteiger partial charge is 0.206 e. The Morgan fingerprint density at radius 3 is 2.50 bits per heavy atom. The van der Waals surface area contributed by atoms with Crippen LogP contribution in [0.5, 0.6) is 0 Å². The topological polar surface area (TPSA) is 0 Å². The maximum atomic E-state index is 12.3. The van der Waals surface area contributed by atoms with Gasteiger partial charge in [-0.1, -0.05) is 0 Å². The fraction of sp³-hybridized carbons (Fsp3) is 0.200. The highest BCUT2D eigenvalue weighted by Gasteiger charge is 1.99. The number of thiophene rings is 1. The molecule has 0 N–H and O–H groups in total. The first kappa shape index (κ1) is 6.23. The highest BCUT2D eigenvalue weighted by atomic mass is 79.9. The second-order valence-electron chi connectivity index (χ2n) is 1.45. The molecule has 0 aliphatic carbocycles. The zero-order chi connectivity index (χ0) is 6.15. The lowest BCUT2D eigenvalue weighted by Crippen LogP contribution is -1.63. The van der Waals surface area contributed by atoms with E-state index in [-0.39, 0.29) is 5.82 Å². The fourth-order valence-electron chi connectivity index (χ4n) is 0.426. The van der Waals surface area contributed by atoms with Crippen LogP contribution < -0.4 is 0 Å². The molecule has 0 fully saturated rings. The van der Waals surface area contributed by atoms with Gasteiger partial charge in [-0.25, -0.2) is 4.39 Å². The van der Waals surface area contributed by atoms with E-state index in [4.69, 9.17) is 0 Å². The Balaban J connectivity index is 3.14. The molecule has 0 radical (unpaired) electrons. The second kappa shape index (κ2) is 2.15. The van der Waals surface area contributed by atoms with Crippen LogP contribution >= 0.6 is 27.3 Å². The van der Waals surface area contributed by atoms with Crippen molar-refractivity contribution in [2.75, 3.05) is 0 Å². The molecule has 0 saturated carbocycles. The van der Waals surface area contributed by atoms with Gasteiger partial charge in [0.05, 0.1) is 3.79 Å². The maximum absolute atomic E-state index is 12.3. The first-order valence-corrected chi connectivity index (χ1v) is 3.72. The van der Waals surface area contributed by atoms with E-state index in [1.165, 1.54) is 17.4 Å². The summed E-state index contributed by atoms with van der Waals surface area (Å²) in [4.78, 5) is 0.733. The van der Waals surface area contributed by atoms with E-state index in [0.717, 1.165) is 8.66 Å². The molecule has 1 rings (SSSR count). The number of rotatable bonds is 0. The lowest BCUT2D eigenvalue weighted by molar-refractivity contribution is 0.625. The summed E-state index contributed by atoms with van der Waals surface area (Å²) < 4.78 is 13.2. The molecule has 0 aliphatic rings. The van der Waals surface area contributed by atoms with E-state index in [2.05, 4.69) is 15.9 Å². The van der Waals surface area contributed by atoms with E-state index in [9.17, 15) is 4.39 Å². The van der Waals surface area contributed by atoms with Crippen molar-refractivity contribution in [3.05, 3.63) is 20.5 Å². The number of hydrogen-bond donors (Lipinski definition) is 0. The predicted octanol–water partition coefficient (Wildman–Crippen LogP) is 2.96. The maximum Gasteiger partial charge on any atom is 0.137 e. The normalized spacial score (nSPS) is 9.88. The van der Waals surface area contributed by atoms with Crippen LogP contribution in [0.15, 0.2) is 9.85 Å². The van der Waals surface area contributed by atoms with Crippen molar-refractivity contribution in [2.45, 2.75) is 6.92 Å². The summed E-state index contributed by atoms with van der Waals surface area (Å²) in [5.41, 5.74) is 0. The molecule has 3 heteroatoms. The first-order chi connectivity index (χ1) is 3.70. The predicted molar refractivity (Wildman–Crippen MR) is 36.7 cm³/mol. The van der Waals surface area contributed by atoms with Crippen LogP contribution in [0.2, 0.25) is 0 Å². The highest BCUT2D eigenvalue weighted by Crippen LogP contribution is 2.24. The standard InChI is InChI=1S/C5H4BrFS/c1-3-4(7)2-5(6)8-3/h2H,1H3. The van der Waals surface area contributed by atoms with E-state index >= 15 is 0 Å². The zero-order valence-corrected chi connectivity index (χ0v) is 6.64. The Bertz CT molecular complexity index is 175. The molecular formula is C5H4BrFS. The van der Waals surface area contributed by atoms with Gasteiger partial charge in [0.2, 0.25) is 0 Å². The summed E-state index contributed by atoms with van der Waals surface area (Å²) in [5, 5.41) is 0. The van der Waals surface area contributed by atoms with Crippen molar-refractivity contribution in [1.82, 2.24) is 0 Å². The van der Waals surface area contributed by atoms with Crippen molar-refractivity contribution < 1.29 is 4.39 Å². The molecule has 0 saturated heterocycles. The third-order valence-corrected chi connectivity index (χ3v) is 2.36. The molecule has 0 aromatic carbocycles. The number of halogens is 2. The SMILES string of the molecule is Cc1sc(Br)cc1F. The smallest absolute Gasteiger partial charge is 0.137 e. The highest BCUT2D eigenvalue weighted by molar-refractivity contribution is 9.11. The van der Waals surface area contributed by atoms with Crippen molar-refractivity contribution in [2.24, 2.45) is 0 Å². The van der Waals surface area contributed by atoms with Crippen molar-refractivity contribution in [3.63, 3.8) is 0 Å². The van der Waals surface area contributed by atoms with Gasteiger partial charge in [0, 0.05) is 4.88 Å². The van der Waals surface area contributed by atoms with Crippen LogP contribution in [-0.2, 0) is 0 Å². The van der Waals surface area contributed by atoms with Gasteiger partial charge < -0.3 is 0 Å². The van der Waals surface area contributed by atoms with Crippen molar-refractivity contribution in [1.29, 1.82) is 0 Å². The Morgan fingerprint density at radius 2 is 2.38 bits per heavy atom. The molecule has 0 unspecified atom stereocenters. The summed E-state index contributed by atoms with van der Waals surface area (Å²) >= 11 is 4.57. The van der Waals surface area contributed by atoms with Gasteiger partial charge >= 0.3 is 0 Å². The van der Waals surface area contributed by atoms with Crippen LogP contribution in [0, 0.1) is 12.7 Å². The summed E-state index contributed by atoms with van der Waals surface area (Å²) in [5.74, 6) is -0.123. The van der Waals surface area contributed by atoms with Gasteiger partial charge in [0.25, 0.3) is 0 Å². The minimum atomic E-state index is -0.123. The third kappa shape index (κ3) is 1.09. The monoisotopic (exact) mass is 194 g/mol. The molecule has 0 nitrogen and oxygen atoms in total.